The summed E-state index contributed by atoms with van der Waals surface area (Å²) in [6.07, 6.45) is 0. The third kappa shape index (κ3) is 7.85. The molecule has 5 N–H and O–H groups in total. The maximum Gasteiger partial charge on any atom is 0.319 e. The molecule has 0 spiro atoms. The van der Waals surface area contributed by atoms with E-state index in [2.05, 4.69) is 16.0 Å². The zero-order valence-electron chi connectivity index (χ0n) is 13.4. The number of rotatable bonds is 5. The maximum absolute atomic E-state index is 11.9. The monoisotopic (exact) mass is 328 g/mol. The van der Waals surface area contributed by atoms with Crippen molar-refractivity contribution in [2.75, 3.05) is 11.9 Å². The van der Waals surface area contributed by atoms with Crippen LogP contribution < -0.4 is 21.7 Å². The van der Waals surface area contributed by atoms with Gasteiger partial charge in [0.15, 0.2) is 0 Å². The highest BCUT2D eigenvalue weighted by molar-refractivity contribution is 5.95. The molecule has 0 bridgehead atoms. The van der Waals surface area contributed by atoms with Crippen molar-refractivity contribution in [3.05, 3.63) is 29.8 Å². The van der Waals surface area contributed by atoms with Crippen molar-refractivity contribution in [2.24, 2.45) is 5.73 Å². The standard InChI is InChI=1S/C15H24N4O2.ClH/c1-10(2)18-14(21)19-12-7-5-11(6-8-12)13(20)17-9-15(3,4)16;/h5-8,10H,9,16H2,1-4H3,(H,17,20)(H2,18,19,21);1H. The smallest absolute Gasteiger partial charge is 0.319 e. The first-order valence-corrected chi connectivity index (χ1v) is 6.92. The van der Waals surface area contributed by atoms with Crippen molar-refractivity contribution in [3.63, 3.8) is 0 Å². The molecule has 0 radical (unpaired) electrons. The van der Waals surface area contributed by atoms with Crippen molar-refractivity contribution in [1.29, 1.82) is 0 Å². The highest BCUT2D eigenvalue weighted by Gasteiger charge is 2.13. The minimum atomic E-state index is -0.452. The Bertz CT molecular complexity index is 495. The van der Waals surface area contributed by atoms with Gasteiger partial charge in [0.05, 0.1) is 0 Å². The van der Waals surface area contributed by atoms with Gasteiger partial charge >= 0.3 is 6.03 Å². The van der Waals surface area contributed by atoms with Crippen LogP contribution in [-0.2, 0) is 0 Å². The molecule has 3 amide bonds. The topological polar surface area (TPSA) is 96.2 Å². The molecule has 0 saturated heterocycles. The van der Waals surface area contributed by atoms with E-state index in [1.165, 1.54) is 0 Å². The van der Waals surface area contributed by atoms with Gasteiger partial charge in [-0.15, -0.1) is 12.4 Å². The first kappa shape index (κ1) is 20.2. The van der Waals surface area contributed by atoms with E-state index in [1.54, 1.807) is 24.3 Å². The number of anilines is 1. The molecule has 0 aliphatic rings. The summed E-state index contributed by atoms with van der Waals surface area (Å²) in [4.78, 5) is 23.4. The van der Waals surface area contributed by atoms with E-state index in [9.17, 15) is 9.59 Å². The zero-order chi connectivity index (χ0) is 16.0. The van der Waals surface area contributed by atoms with Crippen LogP contribution in [0.2, 0.25) is 0 Å². The van der Waals surface area contributed by atoms with Gasteiger partial charge in [0.1, 0.15) is 0 Å². The Morgan fingerprint density at radius 1 is 1.18 bits per heavy atom. The van der Waals surface area contributed by atoms with Gasteiger partial charge < -0.3 is 21.7 Å². The number of urea groups is 1. The Morgan fingerprint density at radius 3 is 2.18 bits per heavy atom. The maximum atomic E-state index is 11.9. The molecular formula is C15H25ClN4O2. The molecule has 7 heteroatoms. The van der Waals surface area contributed by atoms with E-state index < -0.39 is 5.54 Å². The summed E-state index contributed by atoms with van der Waals surface area (Å²) in [5.74, 6) is -0.188. The van der Waals surface area contributed by atoms with Crippen LogP contribution in [0.3, 0.4) is 0 Å². The number of nitrogens with two attached hydrogens (primary N) is 1. The lowest BCUT2D eigenvalue weighted by Gasteiger charge is -2.18. The van der Waals surface area contributed by atoms with Gasteiger partial charge in [0, 0.05) is 29.4 Å². The first-order chi connectivity index (χ1) is 9.67. The van der Waals surface area contributed by atoms with Gasteiger partial charge in [-0.2, -0.15) is 0 Å². The van der Waals surface area contributed by atoms with Gasteiger partial charge in [0.2, 0.25) is 0 Å². The van der Waals surface area contributed by atoms with Gasteiger partial charge in [-0.05, 0) is 52.0 Å². The van der Waals surface area contributed by atoms with Crippen LogP contribution in [0.5, 0.6) is 0 Å². The first-order valence-electron chi connectivity index (χ1n) is 6.92. The normalized spacial score (nSPS) is 10.6. The van der Waals surface area contributed by atoms with Gasteiger partial charge in [-0.3, -0.25) is 4.79 Å². The third-order valence-electron chi connectivity index (χ3n) is 2.53. The molecule has 1 aromatic carbocycles. The van der Waals surface area contributed by atoms with Crippen LogP contribution in [-0.4, -0.2) is 30.1 Å². The summed E-state index contributed by atoms with van der Waals surface area (Å²) in [6.45, 7) is 7.84. The summed E-state index contributed by atoms with van der Waals surface area (Å²) in [5, 5.41) is 8.18. The molecule has 0 aliphatic carbocycles. The largest absolute Gasteiger partial charge is 0.350 e. The van der Waals surface area contributed by atoms with Crippen molar-refractivity contribution < 1.29 is 9.59 Å². The average molecular weight is 329 g/mol. The highest BCUT2D eigenvalue weighted by atomic mass is 35.5. The molecule has 0 aliphatic heterocycles. The van der Waals surface area contributed by atoms with Crippen molar-refractivity contribution >= 4 is 30.0 Å². The lowest BCUT2D eigenvalue weighted by atomic mass is 10.1. The molecule has 1 aromatic rings. The van der Waals surface area contributed by atoms with Gasteiger partial charge in [0.25, 0.3) is 5.91 Å². The number of benzene rings is 1. The SMILES string of the molecule is CC(C)NC(=O)Nc1ccc(C(=O)NCC(C)(C)N)cc1.Cl. The number of carbonyl (C=O) groups is 2. The number of hydrogen-bond acceptors (Lipinski definition) is 3. The molecule has 0 saturated carbocycles. The second kappa shape index (κ2) is 8.60. The van der Waals surface area contributed by atoms with Crippen LogP contribution in [0.1, 0.15) is 38.1 Å². The predicted octanol–water partition coefficient (Wildman–Crippen LogP) is 2.11. The molecule has 6 nitrogen and oxygen atoms in total. The molecule has 0 heterocycles. The van der Waals surface area contributed by atoms with E-state index in [0.717, 1.165) is 0 Å². The van der Waals surface area contributed by atoms with Crippen LogP contribution in [0.15, 0.2) is 24.3 Å². The van der Waals surface area contributed by atoms with E-state index in [-0.39, 0.29) is 30.4 Å². The molecular weight excluding hydrogens is 304 g/mol. The number of amides is 3. The van der Waals surface area contributed by atoms with Crippen molar-refractivity contribution in [2.45, 2.75) is 39.3 Å². The number of carbonyl (C=O) groups excluding carboxylic acids is 2. The minimum Gasteiger partial charge on any atom is -0.350 e. The average Bonchev–Trinajstić information content (AvgIpc) is 2.35. The molecule has 0 aromatic heterocycles. The summed E-state index contributed by atoms with van der Waals surface area (Å²) in [6, 6.07) is 6.47. The zero-order valence-corrected chi connectivity index (χ0v) is 14.2. The second-order valence-electron chi connectivity index (χ2n) is 6.00. The Hall–Kier alpha value is -1.79. The molecule has 124 valence electrons. The van der Waals surface area contributed by atoms with Crippen molar-refractivity contribution in [3.8, 4) is 0 Å². The quantitative estimate of drug-likeness (QED) is 0.666. The van der Waals surface area contributed by atoms with Crippen LogP contribution >= 0.6 is 12.4 Å². The fraction of sp³-hybridized carbons (Fsp3) is 0.467. The molecule has 22 heavy (non-hydrogen) atoms. The Balaban J connectivity index is 0.00000441. The molecule has 1 rings (SSSR count). The van der Waals surface area contributed by atoms with Crippen LogP contribution in [0.4, 0.5) is 10.5 Å². The lowest BCUT2D eigenvalue weighted by Crippen LogP contribution is -2.45. The molecule has 0 unspecified atom stereocenters. The van der Waals surface area contributed by atoms with Crippen LogP contribution in [0.25, 0.3) is 0 Å². The summed E-state index contributed by atoms with van der Waals surface area (Å²) in [7, 11) is 0. The van der Waals surface area contributed by atoms with Crippen molar-refractivity contribution in [1.82, 2.24) is 10.6 Å². The number of nitrogens with one attached hydrogen (secondary N) is 3. The lowest BCUT2D eigenvalue weighted by molar-refractivity contribution is 0.0946. The third-order valence-corrected chi connectivity index (χ3v) is 2.53. The summed E-state index contributed by atoms with van der Waals surface area (Å²) in [5.41, 5.74) is 6.51. The van der Waals surface area contributed by atoms with Crippen LogP contribution in [0, 0.1) is 0 Å². The Morgan fingerprint density at radius 2 is 1.73 bits per heavy atom. The predicted molar refractivity (Wildman–Crippen MR) is 91.6 cm³/mol. The highest BCUT2D eigenvalue weighted by Crippen LogP contribution is 2.09. The fourth-order valence-electron chi connectivity index (χ4n) is 1.54. The minimum absolute atomic E-state index is 0. The van der Waals surface area contributed by atoms with E-state index in [0.29, 0.717) is 17.8 Å². The van der Waals surface area contributed by atoms with E-state index in [4.69, 9.17) is 5.73 Å². The Labute approximate surface area is 137 Å². The number of hydrogen-bond donors (Lipinski definition) is 4. The van der Waals surface area contributed by atoms with E-state index in [1.807, 2.05) is 27.7 Å². The summed E-state index contributed by atoms with van der Waals surface area (Å²) >= 11 is 0. The van der Waals surface area contributed by atoms with Gasteiger partial charge in [-0.1, -0.05) is 0 Å². The number of halogens is 1. The second-order valence-corrected chi connectivity index (χ2v) is 6.00. The fourth-order valence-corrected chi connectivity index (χ4v) is 1.54. The van der Waals surface area contributed by atoms with Gasteiger partial charge in [-0.25, -0.2) is 4.79 Å². The Kier molecular flexibility index (Phi) is 7.90. The summed E-state index contributed by atoms with van der Waals surface area (Å²) < 4.78 is 0. The van der Waals surface area contributed by atoms with E-state index >= 15 is 0 Å². The molecule has 0 fully saturated rings. The molecule has 0 atom stereocenters.